The predicted octanol–water partition coefficient (Wildman–Crippen LogP) is 2.44. The van der Waals surface area contributed by atoms with Crippen LogP contribution in [0.15, 0.2) is 18.3 Å². The summed E-state index contributed by atoms with van der Waals surface area (Å²) in [6, 6.07) is 3.46. The monoisotopic (exact) mass is 267 g/mol. The second-order valence-electron chi connectivity index (χ2n) is 4.78. The van der Waals surface area contributed by atoms with Gasteiger partial charge in [-0.3, -0.25) is 4.79 Å². The highest BCUT2D eigenvalue weighted by Gasteiger charge is 2.26. The predicted molar refractivity (Wildman–Crippen MR) is 72.4 cm³/mol. The molecule has 18 heavy (non-hydrogen) atoms. The van der Waals surface area contributed by atoms with Crippen LogP contribution in [-0.2, 0) is 4.79 Å². The van der Waals surface area contributed by atoms with Gasteiger partial charge in [0.2, 0.25) is 5.91 Å². The van der Waals surface area contributed by atoms with Gasteiger partial charge >= 0.3 is 0 Å². The summed E-state index contributed by atoms with van der Waals surface area (Å²) in [5.74, 6) is 1.11. The van der Waals surface area contributed by atoms with E-state index in [1.165, 1.54) is 0 Å². The number of carbonyl (C=O) groups is 1. The van der Waals surface area contributed by atoms with E-state index in [-0.39, 0.29) is 11.8 Å². The average Bonchev–Trinajstić information content (AvgIpc) is 2.41. The lowest BCUT2D eigenvalue weighted by molar-refractivity contribution is -0.121. The van der Waals surface area contributed by atoms with E-state index in [9.17, 15) is 4.79 Å². The molecule has 0 spiro atoms. The van der Waals surface area contributed by atoms with Crippen LogP contribution in [0.25, 0.3) is 0 Å². The summed E-state index contributed by atoms with van der Waals surface area (Å²) in [6.45, 7) is 0.723. The van der Waals surface area contributed by atoms with Crippen LogP contribution >= 0.6 is 11.6 Å². The SMILES string of the molecule is NCC1CCC(C(=O)Nc2ncccc2Cl)CC1. The normalized spacial score (nSPS) is 23.7. The van der Waals surface area contributed by atoms with Gasteiger partial charge in [-0.1, -0.05) is 11.6 Å². The molecule has 1 heterocycles. The number of rotatable bonds is 3. The Bertz CT molecular complexity index is 416. The van der Waals surface area contributed by atoms with Gasteiger partial charge in [0, 0.05) is 12.1 Å². The second-order valence-corrected chi connectivity index (χ2v) is 5.18. The molecule has 98 valence electrons. The molecule has 1 fully saturated rings. The van der Waals surface area contributed by atoms with E-state index >= 15 is 0 Å². The number of aromatic nitrogens is 1. The molecule has 1 saturated carbocycles. The Morgan fingerprint density at radius 1 is 1.44 bits per heavy atom. The lowest BCUT2D eigenvalue weighted by Gasteiger charge is -2.26. The topological polar surface area (TPSA) is 68.0 Å². The molecule has 2 rings (SSSR count). The van der Waals surface area contributed by atoms with Crippen molar-refractivity contribution in [3.8, 4) is 0 Å². The van der Waals surface area contributed by atoms with Crippen LogP contribution in [0, 0.1) is 11.8 Å². The highest BCUT2D eigenvalue weighted by molar-refractivity contribution is 6.33. The summed E-state index contributed by atoms with van der Waals surface area (Å²) in [6.07, 6.45) is 5.48. The minimum Gasteiger partial charge on any atom is -0.330 e. The van der Waals surface area contributed by atoms with E-state index in [0.717, 1.165) is 32.2 Å². The van der Waals surface area contributed by atoms with Crippen molar-refractivity contribution in [2.45, 2.75) is 25.7 Å². The molecule has 0 bridgehead atoms. The Hall–Kier alpha value is -1.13. The quantitative estimate of drug-likeness (QED) is 0.884. The first-order valence-electron chi connectivity index (χ1n) is 6.32. The molecular formula is C13H18ClN3O. The van der Waals surface area contributed by atoms with Crippen molar-refractivity contribution in [3.63, 3.8) is 0 Å². The summed E-state index contributed by atoms with van der Waals surface area (Å²) in [4.78, 5) is 16.1. The van der Waals surface area contributed by atoms with Crippen LogP contribution in [0.4, 0.5) is 5.82 Å². The summed E-state index contributed by atoms with van der Waals surface area (Å²) in [5.41, 5.74) is 5.64. The molecule has 0 unspecified atom stereocenters. The fourth-order valence-electron chi connectivity index (χ4n) is 2.36. The Labute approximate surface area is 112 Å². The first kappa shape index (κ1) is 13.3. The molecule has 5 heteroatoms. The van der Waals surface area contributed by atoms with Crippen molar-refractivity contribution >= 4 is 23.3 Å². The fourth-order valence-corrected chi connectivity index (χ4v) is 2.53. The zero-order chi connectivity index (χ0) is 13.0. The molecule has 1 aromatic rings. The molecular weight excluding hydrogens is 250 g/mol. The Morgan fingerprint density at radius 3 is 2.78 bits per heavy atom. The van der Waals surface area contributed by atoms with E-state index in [1.807, 2.05) is 0 Å². The highest BCUT2D eigenvalue weighted by Crippen LogP contribution is 2.29. The van der Waals surface area contributed by atoms with Crippen LogP contribution in [-0.4, -0.2) is 17.4 Å². The number of carbonyl (C=O) groups excluding carboxylic acids is 1. The fraction of sp³-hybridized carbons (Fsp3) is 0.538. The van der Waals surface area contributed by atoms with Crippen molar-refractivity contribution in [2.24, 2.45) is 17.6 Å². The van der Waals surface area contributed by atoms with Crippen LogP contribution in [0.3, 0.4) is 0 Å². The minimum atomic E-state index is 0.0195. The van der Waals surface area contributed by atoms with Gasteiger partial charge in [0.15, 0.2) is 5.82 Å². The van der Waals surface area contributed by atoms with E-state index in [1.54, 1.807) is 18.3 Å². The molecule has 4 nitrogen and oxygen atoms in total. The number of nitrogens with zero attached hydrogens (tertiary/aromatic N) is 1. The van der Waals surface area contributed by atoms with Crippen molar-refractivity contribution in [1.82, 2.24) is 4.98 Å². The van der Waals surface area contributed by atoms with Crippen LogP contribution in [0.2, 0.25) is 5.02 Å². The maximum atomic E-state index is 12.1. The molecule has 1 amide bonds. The molecule has 1 aliphatic rings. The molecule has 0 radical (unpaired) electrons. The summed E-state index contributed by atoms with van der Waals surface area (Å²) < 4.78 is 0. The van der Waals surface area contributed by atoms with Crippen molar-refractivity contribution < 1.29 is 4.79 Å². The average molecular weight is 268 g/mol. The number of hydrogen-bond donors (Lipinski definition) is 2. The molecule has 1 aliphatic carbocycles. The number of nitrogens with one attached hydrogen (secondary N) is 1. The van der Waals surface area contributed by atoms with Gasteiger partial charge in [-0.05, 0) is 50.3 Å². The van der Waals surface area contributed by atoms with Crippen LogP contribution < -0.4 is 11.1 Å². The zero-order valence-electron chi connectivity index (χ0n) is 10.2. The van der Waals surface area contributed by atoms with E-state index < -0.39 is 0 Å². The van der Waals surface area contributed by atoms with Gasteiger partial charge in [0.05, 0.1) is 5.02 Å². The van der Waals surface area contributed by atoms with Gasteiger partial charge in [-0.25, -0.2) is 4.98 Å². The van der Waals surface area contributed by atoms with Crippen LogP contribution in [0.1, 0.15) is 25.7 Å². The third-order valence-corrected chi connectivity index (χ3v) is 3.86. The lowest BCUT2D eigenvalue weighted by atomic mass is 9.81. The Balaban J connectivity index is 1.91. The van der Waals surface area contributed by atoms with Crippen LogP contribution in [0.5, 0.6) is 0 Å². The summed E-state index contributed by atoms with van der Waals surface area (Å²) >= 11 is 5.96. The third kappa shape index (κ3) is 3.21. The molecule has 0 aromatic carbocycles. The summed E-state index contributed by atoms with van der Waals surface area (Å²) in [7, 11) is 0. The number of anilines is 1. The van der Waals surface area contributed by atoms with Gasteiger partial charge in [-0.15, -0.1) is 0 Å². The number of amides is 1. The highest BCUT2D eigenvalue weighted by atomic mass is 35.5. The molecule has 0 aliphatic heterocycles. The molecule has 3 N–H and O–H groups in total. The van der Waals surface area contributed by atoms with E-state index in [2.05, 4.69) is 10.3 Å². The number of halogens is 1. The Morgan fingerprint density at radius 2 is 2.17 bits per heavy atom. The maximum Gasteiger partial charge on any atom is 0.228 e. The second kappa shape index (κ2) is 6.16. The van der Waals surface area contributed by atoms with Gasteiger partial charge in [0.1, 0.15) is 0 Å². The largest absolute Gasteiger partial charge is 0.330 e. The summed E-state index contributed by atoms with van der Waals surface area (Å²) in [5, 5.41) is 3.27. The maximum absolute atomic E-state index is 12.1. The standard InChI is InChI=1S/C13H18ClN3O/c14-11-2-1-7-16-12(11)17-13(18)10-5-3-9(8-15)4-6-10/h1-2,7,9-10H,3-6,8,15H2,(H,16,17,18). The van der Waals surface area contributed by atoms with Crippen molar-refractivity contribution in [3.05, 3.63) is 23.4 Å². The van der Waals surface area contributed by atoms with Gasteiger partial charge in [0.25, 0.3) is 0 Å². The Kier molecular flexibility index (Phi) is 4.55. The number of pyridine rings is 1. The number of nitrogens with two attached hydrogens (primary N) is 1. The van der Waals surface area contributed by atoms with E-state index in [0.29, 0.717) is 16.8 Å². The van der Waals surface area contributed by atoms with Gasteiger partial charge in [-0.2, -0.15) is 0 Å². The third-order valence-electron chi connectivity index (χ3n) is 3.55. The smallest absolute Gasteiger partial charge is 0.228 e. The first-order chi connectivity index (χ1) is 8.70. The number of hydrogen-bond acceptors (Lipinski definition) is 3. The first-order valence-corrected chi connectivity index (χ1v) is 6.70. The zero-order valence-corrected chi connectivity index (χ0v) is 11.0. The van der Waals surface area contributed by atoms with Gasteiger partial charge < -0.3 is 11.1 Å². The molecule has 0 saturated heterocycles. The minimum absolute atomic E-state index is 0.0195. The molecule has 0 atom stereocenters. The van der Waals surface area contributed by atoms with Crippen molar-refractivity contribution in [2.75, 3.05) is 11.9 Å². The van der Waals surface area contributed by atoms with Crippen molar-refractivity contribution in [1.29, 1.82) is 0 Å². The lowest BCUT2D eigenvalue weighted by Crippen LogP contribution is -2.29. The van der Waals surface area contributed by atoms with E-state index in [4.69, 9.17) is 17.3 Å². The molecule has 1 aromatic heterocycles.